The minimum atomic E-state index is -4.55. The number of hydrogen-bond acceptors (Lipinski definition) is 4. The number of nitrogens with zero attached hydrogens (tertiary/aromatic N) is 2. The molecule has 0 amide bonds. The van der Waals surface area contributed by atoms with Crippen LogP contribution in [0.5, 0.6) is 0 Å². The van der Waals surface area contributed by atoms with E-state index in [0.29, 0.717) is 21.9 Å². The van der Waals surface area contributed by atoms with Gasteiger partial charge in [0.05, 0.1) is 34.1 Å². The van der Waals surface area contributed by atoms with Gasteiger partial charge in [0.1, 0.15) is 0 Å². The van der Waals surface area contributed by atoms with Crippen LogP contribution in [0.4, 0.5) is 18.9 Å². The Hall–Kier alpha value is -1.80. The minimum Gasteiger partial charge on any atom is -0.280 e. The molecule has 0 spiro atoms. The predicted octanol–water partition coefficient (Wildman–Crippen LogP) is 5.96. The molecule has 1 N–H and O–H groups in total. The fraction of sp³-hybridized carbons (Fsp3) is 0.125. The number of alkyl halides is 3. The van der Waals surface area contributed by atoms with Crippen LogP contribution in [0.2, 0.25) is 15.1 Å². The van der Waals surface area contributed by atoms with E-state index in [1.54, 1.807) is 12.1 Å². The van der Waals surface area contributed by atoms with Crippen molar-refractivity contribution in [3.05, 3.63) is 63.0 Å². The molecule has 10 heteroatoms. The Labute approximate surface area is 162 Å². The zero-order valence-electron chi connectivity index (χ0n) is 13.1. The maximum absolute atomic E-state index is 12.8. The van der Waals surface area contributed by atoms with Crippen LogP contribution in [0.1, 0.15) is 11.3 Å². The number of benzene rings is 1. The molecule has 0 radical (unpaired) electrons. The van der Waals surface area contributed by atoms with Gasteiger partial charge in [-0.2, -0.15) is 13.2 Å². The minimum absolute atomic E-state index is 0.0815. The lowest BCUT2D eigenvalue weighted by atomic mass is 10.1. The third-order valence-corrected chi connectivity index (χ3v) is 3.85. The number of rotatable bonds is 5. The number of nitrogens with one attached hydrogen (secondary N) is 1. The molecule has 0 atom stereocenters. The van der Waals surface area contributed by atoms with Gasteiger partial charge in [0.15, 0.2) is 0 Å². The molecular weight excluding hydrogens is 414 g/mol. The summed E-state index contributed by atoms with van der Waals surface area (Å²) in [6.45, 7) is 0. The highest BCUT2D eigenvalue weighted by atomic mass is 35.5. The van der Waals surface area contributed by atoms with Crippen LogP contribution >= 0.6 is 34.8 Å². The first-order chi connectivity index (χ1) is 12.2. The molecule has 0 fully saturated rings. The van der Waals surface area contributed by atoms with Crippen molar-refractivity contribution in [2.24, 2.45) is 4.99 Å². The average molecular weight is 425 g/mol. The lowest BCUT2D eigenvalue weighted by Gasteiger charge is -2.10. The van der Waals surface area contributed by atoms with Gasteiger partial charge in [-0.05, 0) is 24.3 Å². The van der Waals surface area contributed by atoms with Crippen molar-refractivity contribution in [2.75, 3.05) is 7.11 Å². The molecule has 1 heterocycles. The summed E-state index contributed by atoms with van der Waals surface area (Å²) in [6.07, 6.45) is -1.18. The molecule has 2 aromatic rings. The fourth-order valence-electron chi connectivity index (χ4n) is 1.82. The standard InChI is InChI=1S/C16H11Cl3F3N3O/c1-26-25-7-9(6-23-14-3-2-11(17)5-12(14)18)15-13(19)4-10(8-24-15)16(20,21)22/h2-8,25H,1H3. The Morgan fingerprint density at radius 3 is 2.50 bits per heavy atom. The van der Waals surface area contributed by atoms with Crippen molar-refractivity contribution in [1.29, 1.82) is 0 Å². The second-order valence-electron chi connectivity index (χ2n) is 4.83. The first-order valence-electron chi connectivity index (χ1n) is 6.93. The Morgan fingerprint density at radius 1 is 1.19 bits per heavy atom. The number of aliphatic imine (C=N–C) groups is 1. The number of allylic oxidation sites excluding steroid dienone is 1. The van der Waals surface area contributed by atoms with Gasteiger partial charge in [-0.3, -0.25) is 20.3 Å². The van der Waals surface area contributed by atoms with Crippen molar-refractivity contribution in [2.45, 2.75) is 6.18 Å². The first-order valence-corrected chi connectivity index (χ1v) is 8.06. The molecule has 26 heavy (non-hydrogen) atoms. The van der Waals surface area contributed by atoms with Crippen LogP contribution in [0.25, 0.3) is 5.57 Å². The van der Waals surface area contributed by atoms with E-state index in [1.807, 2.05) is 0 Å². The van der Waals surface area contributed by atoms with Gasteiger partial charge in [-0.25, -0.2) is 0 Å². The summed E-state index contributed by atoms with van der Waals surface area (Å²) in [7, 11) is 1.36. The fourth-order valence-corrected chi connectivity index (χ4v) is 2.55. The molecule has 1 aromatic carbocycles. The van der Waals surface area contributed by atoms with E-state index in [2.05, 4.69) is 15.5 Å². The quantitative estimate of drug-likeness (QED) is 0.476. The zero-order chi connectivity index (χ0) is 19.3. The molecule has 0 bridgehead atoms. The summed E-state index contributed by atoms with van der Waals surface area (Å²) in [5.74, 6) is 0. The van der Waals surface area contributed by atoms with Gasteiger partial charge >= 0.3 is 6.18 Å². The SMILES string of the molecule is CONC=C(C=Nc1ccc(Cl)cc1Cl)c1ncc(C(F)(F)F)cc1Cl. The van der Waals surface area contributed by atoms with Gasteiger partial charge in [0.2, 0.25) is 0 Å². The van der Waals surface area contributed by atoms with Crippen LogP contribution in [0.15, 0.2) is 41.7 Å². The summed E-state index contributed by atoms with van der Waals surface area (Å²) < 4.78 is 38.3. The van der Waals surface area contributed by atoms with Crippen LogP contribution in [-0.4, -0.2) is 18.3 Å². The largest absolute Gasteiger partial charge is 0.417 e. The highest BCUT2D eigenvalue weighted by Gasteiger charge is 2.31. The Bertz CT molecular complexity index is 854. The second kappa shape index (κ2) is 8.73. The normalized spacial score (nSPS) is 12.7. The number of hydroxylamine groups is 1. The van der Waals surface area contributed by atoms with Gasteiger partial charge < -0.3 is 0 Å². The van der Waals surface area contributed by atoms with E-state index in [4.69, 9.17) is 39.6 Å². The van der Waals surface area contributed by atoms with Gasteiger partial charge in [0.25, 0.3) is 0 Å². The number of hydrogen-bond donors (Lipinski definition) is 1. The summed E-state index contributed by atoms with van der Waals surface area (Å²) in [5.41, 5.74) is 2.26. The van der Waals surface area contributed by atoms with Crippen LogP contribution in [0.3, 0.4) is 0 Å². The van der Waals surface area contributed by atoms with Gasteiger partial charge in [-0.15, -0.1) is 0 Å². The van der Waals surface area contributed by atoms with Crippen molar-refractivity contribution < 1.29 is 18.0 Å². The van der Waals surface area contributed by atoms with Crippen molar-refractivity contribution >= 4 is 52.3 Å². The smallest absolute Gasteiger partial charge is 0.280 e. The highest BCUT2D eigenvalue weighted by Crippen LogP contribution is 2.33. The zero-order valence-corrected chi connectivity index (χ0v) is 15.4. The van der Waals surface area contributed by atoms with Gasteiger partial charge in [0, 0.05) is 29.2 Å². The Balaban J connectivity index is 2.41. The topological polar surface area (TPSA) is 46.5 Å². The van der Waals surface area contributed by atoms with Crippen molar-refractivity contribution in [3.63, 3.8) is 0 Å². The number of pyridine rings is 1. The average Bonchev–Trinajstić information content (AvgIpc) is 2.56. The van der Waals surface area contributed by atoms with E-state index in [0.717, 1.165) is 6.07 Å². The molecule has 2 rings (SSSR count). The van der Waals surface area contributed by atoms with E-state index in [-0.39, 0.29) is 16.3 Å². The predicted molar refractivity (Wildman–Crippen MR) is 97.0 cm³/mol. The van der Waals surface area contributed by atoms with E-state index >= 15 is 0 Å². The molecule has 0 aliphatic carbocycles. The van der Waals surface area contributed by atoms with Crippen LogP contribution < -0.4 is 5.48 Å². The second-order valence-corrected chi connectivity index (χ2v) is 6.08. The maximum Gasteiger partial charge on any atom is 0.417 e. The van der Waals surface area contributed by atoms with Crippen molar-refractivity contribution in [1.82, 2.24) is 10.5 Å². The molecule has 0 saturated carbocycles. The summed E-state index contributed by atoms with van der Waals surface area (Å²) >= 11 is 17.8. The monoisotopic (exact) mass is 423 g/mol. The third kappa shape index (κ3) is 5.35. The maximum atomic E-state index is 12.8. The summed E-state index contributed by atoms with van der Waals surface area (Å²) in [6, 6.07) is 5.48. The third-order valence-electron chi connectivity index (χ3n) is 3.03. The molecule has 0 unspecified atom stereocenters. The number of aromatic nitrogens is 1. The molecule has 4 nitrogen and oxygen atoms in total. The van der Waals surface area contributed by atoms with Crippen LogP contribution in [-0.2, 0) is 11.0 Å². The summed E-state index contributed by atoms with van der Waals surface area (Å²) in [4.78, 5) is 12.7. The molecule has 0 saturated heterocycles. The first kappa shape index (κ1) is 20.5. The Kier molecular flexibility index (Phi) is 6.88. The van der Waals surface area contributed by atoms with E-state index in [9.17, 15) is 13.2 Å². The molecule has 1 aromatic heterocycles. The number of halogens is 6. The van der Waals surface area contributed by atoms with Crippen molar-refractivity contribution in [3.8, 4) is 0 Å². The lowest BCUT2D eigenvalue weighted by Crippen LogP contribution is -2.08. The van der Waals surface area contributed by atoms with E-state index < -0.39 is 11.7 Å². The molecule has 0 aliphatic heterocycles. The molecule has 0 aliphatic rings. The van der Waals surface area contributed by atoms with Crippen LogP contribution in [0, 0.1) is 0 Å². The van der Waals surface area contributed by atoms with E-state index in [1.165, 1.54) is 25.6 Å². The lowest BCUT2D eigenvalue weighted by molar-refractivity contribution is -0.137. The molecular formula is C16H11Cl3F3N3O. The van der Waals surface area contributed by atoms with Gasteiger partial charge in [-0.1, -0.05) is 34.8 Å². The Morgan fingerprint density at radius 2 is 1.92 bits per heavy atom. The summed E-state index contributed by atoms with van der Waals surface area (Å²) in [5, 5.41) is 0.551. The highest BCUT2D eigenvalue weighted by molar-refractivity contribution is 6.36. The molecule has 138 valence electrons.